The molecule has 2 atom stereocenters. The van der Waals surface area contributed by atoms with Crippen LogP contribution >= 0.6 is 11.8 Å². The van der Waals surface area contributed by atoms with Gasteiger partial charge < -0.3 is 14.9 Å². The van der Waals surface area contributed by atoms with E-state index < -0.39 is 12.0 Å². The van der Waals surface area contributed by atoms with Crippen LogP contribution in [0.1, 0.15) is 26.7 Å². The van der Waals surface area contributed by atoms with Gasteiger partial charge in [-0.05, 0) is 18.8 Å². The average molecular weight is 272 g/mol. The standard InChI is InChI=1S/C12H20N2O3S/c1-8(2)9-4-3-5-13(9)12(17)14-7-18-6-10(14)11(15)16/h8-10H,3-7H2,1-2H3,(H,15,16)/t9?,10-/m0/s1. The Hall–Kier alpha value is -0.910. The Morgan fingerprint density at radius 1 is 1.33 bits per heavy atom. The highest BCUT2D eigenvalue weighted by Gasteiger charge is 2.40. The molecule has 0 radical (unpaired) electrons. The van der Waals surface area contributed by atoms with Gasteiger partial charge in [-0.3, -0.25) is 0 Å². The molecule has 0 bridgehead atoms. The third-order valence-electron chi connectivity index (χ3n) is 3.73. The van der Waals surface area contributed by atoms with Crippen molar-refractivity contribution >= 4 is 23.8 Å². The van der Waals surface area contributed by atoms with Gasteiger partial charge in [0.05, 0.1) is 5.88 Å². The molecule has 6 heteroatoms. The fourth-order valence-corrected chi connectivity index (χ4v) is 3.86. The van der Waals surface area contributed by atoms with E-state index in [0.717, 1.165) is 19.4 Å². The zero-order chi connectivity index (χ0) is 13.3. The molecule has 2 aliphatic rings. The lowest BCUT2D eigenvalue weighted by Crippen LogP contribution is -2.51. The Bertz CT molecular complexity index is 348. The first-order valence-electron chi connectivity index (χ1n) is 6.40. The minimum absolute atomic E-state index is 0.0939. The summed E-state index contributed by atoms with van der Waals surface area (Å²) >= 11 is 1.51. The zero-order valence-corrected chi connectivity index (χ0v) is 11.7. The number of hydrogen-bond acceptors (Lipinski definition) is 3. The van der Waals surface area contributed by atoms with E-state index in [0.29, 0.717) is 17.5 Å². The summed E-state index contributed by atoms with van der Waals surface area (Å²) in [7, 11) is 0. The summed E-state index contributed by atoms with van der Waals surface area (Å²) in [6.07, 6.45) is 2.05. The predicted octanol–water partition coefficient (Wildman–Crippen LogP) is 1.69. The van der Waals surface area contributed by atoms with E-state index in [1.807, 2.05) is 4.90 Å². The van der Waals surface area contributed by atoms with E-state index in [9.17, 15) is 9.59 Å². The number of aliphatic carboxylic acids is 1. The monoisotopic (exact) mass is 272 g/mol. The summed E-state index contributed by atoms with van der Waals surface area (Å²) in [6.45, 7) is 4.99. The van der Waals surface area contributed by atoms with Gasteiger partial charge in [0.2, 0.25) is 0 Å². The number of rotatable bonds is 2. The molecular weight excluding hydrogens is 252 g/mol. The van der Waals surface area contributed by atoms with E-state index in [2.05, 4.69) is 13.8 Å². The molecule has 5 nitrogen and oxygen atoms in total. The van der Waals surface area contributed by atoms with Crippen LogP contribution in [0.4, 0.5) is 4.79 Å². The Morgan fingerprint density at radius 3 is 2.67 bits per heavy atom. The quantitative estimate of drug-likeness (QED) is 0.831. The molecule has 2 fully saturated rings. The van der Waals surface area contributed by atoms with E-state index in [-0.39, 0.29) is 12.1 Å². The fraction of sp³-hybridized carbons (Fsp3) is 0.833. The maximum atomic E-state index is 12.5. The predicted molar refractivity (Wildman–Crippen MR) is 70.5 cm³/mol. The van der Waals surface area contributed by atoms with Crippen molar-refractivity contribution in [3.63, 3.8) is 0 Å². The van der Waals surface area contributed by atoms with Gasteiger partial charge in [-0.2, -0.15) is 0 Å². The van der Waals surface area contributed by atoms with Crippen LogP contribution in [0.2, 0.25) is 0 Å². The van der Waals surface area contributed by atoms with Crippen LogP contribution in [0.25, 0.3) is 0 Å². The van der Waals surface area contributed by atoms with Crippen molar-refractivity contribution in [3.8, 4) is 0 Å². The molecule has 2 saturated heterocycles. The van der Waals surface area contributed by atoms with Crippen molar-refractivity contribution in [1.29, 1.82) is 0 Å². The zero-order valence-electron chi connectivity index (χ0n) is 10.8. The number of urea groups is 1. The van der Waals surface area contributed by atoms with E-state index in [1.54, 1.807) is 0 Å². The number of nitrogens with zero attached hydrogens (tertiary/aromatic N) is 2. The number of carbonyl (C=O) groups is 2. The molecule has 2 amide bonds. The number of likely N-dealkylation sites (tertiary alicyclic amines) is 1. The van der Waals surface area contributed by atoms with Crippen molar-refractivity contribution < 1.29 is 14.7 Å². The second-order valence-electron chi connectivity index (χ2n) is 5.25. The van der Waals surface area contributed by atoms with Crippen LogP contribution in [-0.4, -0.2) is 57.2 Å². The maximum absolute atomic E-state index is 12.5. The van der Waals surface area contributed by atoms with Crippen LogP contribution in [-0.2, 0) is 4.79 Å². The van der Waals surface area contributed by atoms with Gasteiger partial charge in [0, 0.05) is 18.3 Å². The maximum Gasteiger partial charge on any atom is 0.327 e. The van der Waals surface area contributed by atoms with Crippen molar-refractivity contribution in [2.75, 3.05) is 18.2 Å². The smallest absolute Gasteiger partial charge is 0.327 e. The summed E-state index contributed by atoms with van der Waals surface area (Å²) in [6, 6.07) is -0.489. The summed E-state index contributed by atoms with van der Waals surface area (Å²) < 4.78 is 0. The normalized spacial score (nSPS) is 28.2. The molecule has 1 N–H and O–H groups in total. The number of hydrogen-bond donors (Lipinski definition) is 1. The minimum Gasteiger partial charge on any atom is -0.480 e. The second-order valence-corrected chi connectivity index (χ2v) is 6.25. The van der Waals surface area contributed by atoms with Gasteiger partial charge in [0.15, 0.2) is 0 Å². The molecule has 102 valence electrons. The Kier molecular flexibility index (Phi) is 4.04. The van der Waals surface area contributed by atoms with Crippen LogP contribution in [0.15, 0.2) is 0 Å². The molecule has 2 heterocycles. The minimum atomic E-state index is -0.895. The molecule has 0 aromatic carbocycles. The fourth-order valence-electron chi connectivity index (χ4n) is 2.72. The first kappa shape index (κ1) is 13.5. The van der Waals surface area contributed by atoms with Gasteiger partial charge in [0.25, 0.3) is 0 Å². The number of carbonyl (C=O) groups excluding carboxylic acids is 1. The van der Waals surface area contributed by atoms with E-state index in [4.69, 9.17) is 5.11 Å². The second kappa shape index (κ2) is 5.38. The highest BCUT2D eigenvalue weighted by Crippen LogP contribution is 2.28. The molecule has 1 unspecified atom stereocenters. The highest BCUT2D eigenvalue weighted by atomic mass is 32.2. The lowest BCUT2D eigenvalue weighted by Gasteiger charge is -2.32. The summed E-state index contributed by atoms with van der Waals surface area (Å²) in [5.41, 5.74) is 0. The molecule has 0 aromatic heterocycles. The molecule has 2 rings (SSSR count). The average Bonchev–Trinajstić information content (AvgIpc) is 2.97. The van der Waals surface area contributed by atoms with Crippen molar-refractivity contribution in [1.82, 2.24) is 9.80 Å². The van der Waals surface area contributed by atoms with Crippen LogP contribution in [0, 0.1) is 5.92 Å². The van der Waals surface area contributed by atoms with E-state index in [1.165, 1.54) is 16.7 Å². The third kappa shape index (κ3) is 2.43. The van der Waals surface area contributed by atoms with Crippen LogP contribution < -0.4 is 0 Å². The Balaban J connectivity index is 2.08. The first-order chi connectivity index (χ1) is 8.52. The summed E-state index contributed by atoms with van der Waals surface area (Å²) in [4.78, 5) is 26.9. The molecule has 0 aliphatic carbocycles. The summed E-state index contributed by atoms with van der Waals surface area (Å²) in [5.74, 6) is 0.530. The highest BCUT2D eigenvalue weighted by molar-refractivity contribution is 7.99. The molecule has 0 saturated carbocycles. The molecule has 0 aromatic rings. The van der Waals surface area contributed by atoms with Crippen molar-refractivity contribution in [3.05, 3.63) is 0 Å². The Labute approximate surface area is 112 Å². The van der Waals surface area contributed by atoms with Gasteiger partial charge in [-0.25, -0.2) is 9.59 Å². The number of amides is 2. The first-order valence-corrected chi connectivity index (χ1v) is 7.55. The van der Waals surface area contributed by atoms with Crippen molar-refractivity contribution in [2.24, 2.45) is 5.92 Å². The van der Waals surface area contributed by atoms with Gasteiger partial charge in [0.1, 0.15) is 6.04 Å². The SMILES string of the molecule is CC(C)C1CCCN1C(=O)N1CSC[C@H]1C(=O)O. The number of carboxylic acids is 1. The summed E-state index contributed by atoms with van der Waals surface area (Å²) in [5, 5.41) is 9.12. The molecule has 2 aliphatic heterocycles. The van der Waals surface area contributed by atoms with E-state index >= 15 is 0 Å². The van der Waals surface area contributed by atoms with Gasteiger partial charge >= 0.3 is 12.0 Å². The van der Waals surface area contributed by atoms with Crippen molar-refractivity contribution in [2.45, 2.75) is 38.8 Å². The van der Waals surface area contributed by atoms with Crippen LogP contribution in [0.3, 0.4) is 0 Å². The lowest BCUT2D eigenvalue weighted by atomic mass is 10.0. The molecule has 18 heavy (non-hydrogen) atoms. The lowest BCUT2D eigenvalue weighted by molar-refractivity contribution is -0.141. The third-order valence-corrected chi connectivity index (χ3v) is 4.74. The number of thioether (sulfide) groups is 1. The van der Waals surface area contributed by atoms with Gasteiger partial charge in [-0.15, -0.1) is 11.8 Å². The topological polar surface area (TPSA) is 60.9 Å². The molecular formula is C12H20N2O3S. The largest absolute Gasteiger partial charge is 0.480 e. The Morgan fingerprint density at radius 2 is 2.06 bits per heavy atom. The number of carboxylic acid groups (broad SMARTS) is 1. The van der Waals surface area contributed by atoms with Gasteiger partial charge in [-0.1, -0.05) is 13.8 Å². The molecule has 0 spiro atoms. The van der Waals surface area contributed by atoms with Crippen LogP contribution in [0.5, 0.6) is 0 Å².